The zero-order valence-corrected chi connectivity index (χ0v) is 17.0. The number of rotatable bonds is 6. The van der Waals surface area contributed by atoms with Crippen LogP contribution in [0.3, 0.4) is 0 Å². The molecule has 0 spiro atoms. The van der Waals surface area contributed by atoms with E-state index in [1.165, 1.54) is 6.92 Å². The number of hydrogen-bond acceptors (Lipinski definition) is 7. The fourth-order valence-corrected chi connectivity index (χ4v) is 3.79. The lowest BCUT2D eigenvalue weighted by Crippen LogP contribution is -2.26. The van der Waals surface area contributed by atoms with E-state index >= 15 is 0 Å². The predicted molar refractivity (Wildman–Crippen MR) is 113 cm³/mol. The van der Waals surface area contributed by atoms with E-state index in [9.17, 15) is 9.59 Å². The van der Waals surface area contributed by atoms with Crippen LogP contribution in [0.15, 0.2) is 18.2 Å². The quantitative estimate of drug-likeness (QED) is 0.436. The second kappa shape index (κ2) is 8.17. The van der Waals surface area contributed by atoms with Crippen molar-refractivity contribution in [1.82, 2.24) is 15.3 Å². The first-order chi connectivity index (χ1) is 13.3. The highest BCUT2D eigenvalue weighted by Crippen LogP contribution is 2.40. The number of carbonyl (C=O) groups excluding carboxylic acids is 2. The van der Waals surface area contributed by atoms with Crippen LogP contribution in [0.5, 0.6) is 0 Å². The van der Waals surface area contributed by atoms with E-state index in [-0.39, 0.29) is 16.5 Å². The van der Waals surface area contributed by atoms with Crippen molar-refractivity contribution in [3.63, 3.8) is 0 Å². The van der Waals surface area contributed by atoms with Crippen LogP contribution in [0.2, 0.25) is 10.0 Å². The number of aromatic nitrogens is 2. The molecule has 6 N–H and O–H groups in total. The van der Waals surface area contributed by atoms with E-state index in [1.807, 2.05) is 0 Å². The Hall–Kier alpha value is -2.62. The number of thiophene rings is 1. The van der Waals surface area contributed by atoms with Crippen LogP contribution in [0.25, 0.3) is 21.5 Å². The number of primary amides is 1. The number of halogens is 2. The van der Waals surface area contributed by atoms with Gasteiger partial charge in [-0.05, 0) is 12.1 Å². The van der Waals surface area contributed by atoms with Gasteiger partial charge in [0.15, 0.2) is 0 Å². The standard InChI is InChI=1S/C17H16Cl2N6O2S/c1-7(26)22-4-5-23-17-24-13(8-2-3-9(18)10(19)6-8)11-12(20)14(15(21)27)28-16(11)25-17/h2-3,6H,4-5,20H2,1H3,(H2,21,27)(H,22,26)(H,23,24,25). The fraction of sp³-hybridized carbons (Fsp3) is 0.176. The van der Waals surface area contributed by atoms with Crippen LogP contribution in [0.4, 0.5) is 11.6 Å². The average Bonchev–Trinajstić information content (AvgIpc) is 2.97. The molecule has 0 unspecified atom stereocenters. The van der Waals surface area contributed by atoms with Gasteiger partial charge in [-0.15, -0.1) is 11.3 Å². The molecule has 2 amide bonds. The molecule has 3 rings (SSSR count). The first-order valence-corrected chi connectivity index (χ1v) is 9.68. The van der Waals surface area contributed by atoms with Crippen LogP contribution in [0.1, 0.15) is 16.6 Å². The molecular formula is C17H16Cl2N6O2S. The number of nitrogens with two attached hydrogens (primary N) is 2. The van der Waals surface area contributed by atoms with E-state index in [0.29, 0.717) is 50.6 Å². The van der Waals surface area contributed by atoms with Crippen molar-refractivity contribution in [2.45, 2.75) is 6.92 Å². The van der Waals surface area contributed by atoms with Crippen LogP contribution in [0, 0.1) is 0 Å². The van der Waals surface area contributed by atoms with E-state index in [4.69, 9.17) is 34.7 Å². The minimum absolute atomic E-state index is 0.133. The first kappa shape index (κ1) is 20.1. The molecule has 2 aromatic heterocycles. The maximum atomic E-state index is 11.7. The molecule has 146 valence electrons. The van der Waals surface area contributed by atoms with Gasteiger partial charge < -0.3 is 22.1 Å². The molecule has 8 nitrogen and oxygen atoms in total. The molecule has 0 fully saturated rings. The SMILES string of the molecule is CC(=O)NCCNc1nc(-c2ccc(Cl)c(Cl)c2)c2c(N)c(C(N)=O)sc2n1. The number of benzene rings is 1. The number of hydrogen-bond donors (Lipinski definition) is 4. The zero-order chi connectivity index (χ0) is 20.4. The van der Waals surface area contributed by atoms with E-state index in [1.54, 1.807) is 18.2 Å². The molecule has 0 aliphatic carbocycles. The number of nitrogens with one attached hydrogen (secondary N) is 2. The van der Waals surface area contributed by atoms with Gasteiger partial charge in [0, 0.05) is 25.6 Å². The van der Waals surface area contributed by atoms with Crippen molar-refractivity contribution in [1.29, 1.82) is 0 Å². The Balaban J connectivity index is 2.10. The third-order valence-electron chi connectivity index (χ3n) is 3.79. The lowest BCUT2D eigenvalue weighted by atomic mass is 10.1. The molecule has 2 heterocycles. The number of anilines is 2. The van der Waals surface area contributed by atoms with Crippen LogP contribution >= 0.6 is 34.5 Å². The van der Waals surface area contributed by atoms with Crippen LogP contribution in [-0.2, 0) is 4.79 Å². The van der Waals surface area contributed by atoms with Crippen LogP contribution < -0.4 is 22.1 Å². The maximum absolute atomic E-state index is 11.7. The molecule has 0 aliphatic rings. The van der Waals surface area contributed by atoms with E-state index in [0.717, 1.165) is 11.3 Å². The lowest BCUT2D eigenvalue weighted by molar-refractivity contribution is -0.118. The predicted octanol–water partition coefficient (Wildman–Crippen LogP) is 2.89. The Morgan fingerprint density at radius 1 is 1.18 bits per heavy atom. The van der Waals surface area contributed by atoms with Crippen molar-refractivity contribution < 1.29 is 9.59 Å². The molecule has 28 heavy (non-hydrogen) atoms. The molecular weight excluding hydrogens is 423 g/mol. The number of fused-ring (bicyclic) bond motifs is 1. The van der Waals surface area contributed by atoms with Gasteiger partial charge in [-0.1, -0.05) is 29.3 Å². The molecule has 0 saturated carbocycles. The molecule has 0 bridgehead atoms. The van der Waals surface area contributed by atoms with Crippen molar-refractivity contribution in [2.75, 3.05) is 24.1 Å². The second-order valence-electron chi connectivity index (χ2n) is 5.82. The fourth-order valence-electron chi connectivity index (χ4n) is 2.55. The zero-order valence-electron chi connectivity index (χ0n) is 14.7. The van der Waals surface area contributed by atoms with Gasteiger partial charge in [0.05, 0.1) is 26.8 Å². The highest BCUT2D eigenvalue weighted by Gasteiger charge is 2.21. The summed E-state index contributed by atoms with van der Waals surface area (Å²) in [6, 6.07) is 5.06. The Morgan fingerprint density at radius 3 is 2.57 bits per heavy atom. The summed E-state index contributed by atoms with van der Waals surface area (Å²) in [6.07, 6.45) is 0. The summed E-state index contributed by atoms with van der Waals surface area (Å²) >= 11 is 13.2. The summed E-state index contributed by atoms with van der Waals surface area (Å²) < 4.78 is 0. The minimum atomic E-state index is -0.638. The van der Waals surface area contributed by atoms with Gasteiger partial charge in [-0.3, -0.25) is 9.59 Å². The largest absolute Gasteiger partial charge is 0.397 e. The molecule has 0 aliphatic heterocycles. The van der Waals surface area contributed by atoms with E-state index in [2.05, 4.69) is 20.6 Å². The highest BCUT2D eigenvalue weighted by atomic mass is 35.5. The van der Waals surface area contributed by atoms with Gasteiger partial charge in [-0.2, -0.15) is 0 Å². The summed E-state index contributed by atoms with van der Waals surface area (Å²) in [5.74, 6) is -0.455. The molecule has 0 radical (unpaired) electrons. The average molecular weight is 439 g/mol. The lowest BCUT2D eigenvalue weighted by Gasteiger charge is -2.10. The number of nitrogens with zero attached hydrogens (tertiary/aromatic N) is 2. The normalized spacial score (nSPS) is 10.8. The summed E-state index contributed by atoms with van der Waals surface area (Å²) in [7, 11) is 0. The number of nitrogen functional groups attached to an aromatic ring is 1. The first-order valence-electron chi connectivity index (χ1n) is 8.11. The summed E-state index contributed by atoms with van der Waals surface area (Å²) in [6.45, 7) is 2.25. The van der Waals surface area contributed by atoms with Gasteiger partial charge in [-0.25, -0.2) is 9.97 Å². The minimum Gasteiger partial charge on any atom is -0.397 e. The van der Waals surface area contributed by atoms with Crippen molar-refractivity contribution in [3.8, 4) is 11.3 Å². The van der Waals surface area contributed by atoms with Gasteiger partial charge in [0.25, 0.3) is 5.91 Å². The molecule has 11 heteroatoms. The Bertz CT molecular complexity index is 1090. The summed E-state index contributed by atoms with van der Waals surface area (Å²) in [4.78, 5) is 32.4. The Labute approximate surface area is 174 Å². The molecule has 0 atom stereocenters. The second-order valence-corrected chi connectivity index (χ2v) is 7.64. The third kappa shape index (κ3) is 4.11. The molecule has 0 saturated heterocycles. The number of amides is 2. The Morgan fingerprint density at radius 2 is 1.93 bits per heavy atom. The maximum Gasteiger partial charge on any atom is 0.260 e. The summed E-state index contributed by atoms with van der Waals surface area (Å²) in [5, 5.41) is 6.99. The number of carbonyl (C=O) groups is 2. The smallest absolute Gasteiger partial charge is 0.260 e. The van der Waals surface area contributed by atoms with Crippen molar-refractivity contribution in [2.24, 2.45) is 5.73 Å². The topological polar surface area (TPSA) is 136 Å². The van der Waals surface area contributed by atoms with Crippen LogP contribution in [-0.4, -0.2) is 34.9 Å². The monoisotopic (exact) mass is 438 g/mol. The molecule has 3 aromatic rings. The van der Waals surface area contributed by atoms with E-state index < -0.39 is 5.91 Å². The summed E-state index contributed by atoms with van der Waals surface area (Å²) in [5.41, 5.74) is 13.0. The molecule has 1 aromatic carbocycles. The van der Waals surface area contributed by atoms with Crippen molar-refractivity contribution >= 4 is 68.2 Å². The van der Waals surface area contributed by atoms with Crippen molar-refractivity contribution in [3.05, 3.63) is 33.1 Å². The Kier molecular flexibility index (Phi) is 5.87. The van der Waals surface area contributed by atoms with Gasteiger partial charge in [0.2, 0.25) is 11.9 Å². The van der Waals surface area contributed by atoms with Gasteiger partial charge >= 0.3 is 0 Å². The highest BCUT2D eigenvalue weighted by molar-refractivity contribution is 7.21. The van der Waals surface area contributed by atoms with Gasteiger partial charge in [0.1, 0.15) is 9.71 Å². The third-order valence-corrected chi connectivity index (χ3v) is 5.64.